The summed E-state index contributed by atoms with van der Waals surface area (Å²) in [7, 11) is 0. The molecule has 0 aliphatic rings. The number of aryl methyl sites for hydroxylation is 2. The second kappa shape index (κ2) is 13.9. The molecule has 3 N–H and O–H groups in total. The van der Waals surface area contributed by atoms with Gasteiger partial charge in [0, 0.05) is 6.04 Å². The standard InChI is InChI=1S/C31H44ClN3O5/c1-18(2)13-14-21(5)35(29(38)22(6)33-30(39)40-31(7,8)9)27(23-15-16-25(36)20(4)17-23)28(37)34-26-19(3)11-10-12-24(26)32/h10-12,15-18,21-22,27,36H,13-14H2,1-9H3,(H,33,39)(H,34,37). The number of phenolic OH excluding ortho intramolecular Hbond substituents is 1. The smallest absolute Gasteiger partial charge is 0.408 e. The number of nitrogens with zero attached hydrogens (tertiary/aromatic N) is 1. The van der Waals surface area contributed by atoms with Gasteiger partial charge in [0.25, 0.3) is 5.91 Å². The Morgan fingerprint density at radius 1 is 1.00 bits per heavy atom. The summed E-state index contributed by atoms with van der Waals surface area (Å²) in [5.74, 6) is -0.444. The first kappa shape index (κ1) is 32.9. The summed E-state index contributed by atoms with van der Waals surface area (Å²) in [5.41, 5.74) is 1.57. The van der Waals surface area contributed by atoms with Crippen LogP contribution in [-0.2, 0) is 14.3 Å². The molecule has 2 aromatic carbocycles. The molecular formula is C31H44ClN3O5. The monoisotopic (exact) mass is 573 g/mol. The highest BCUT2D eigenvalue weighted by Crippen LogP contribution is 2.33. The van der Waals surface area contributed by atoms with Crippen molar-refractivity contribution in [1.82, 2.24) is 10.2 Å². The van der Waals surface area contributed by atoms with Crippen LogP contribution in [-0.4, -0.2) is 45.6 Å². The molecule has 3 unspecified atom stereocenters. The molecule has 8 nitrogen and oxygen atoms in total. The number of hydrogen-bond acceptors (Lipinski definition) is 5. The Morgan fingerprint density at radius 3 is 2.20 bits per heavy atom. The van der Waals surface area contributed by atoms with Gasteiger partial charge in [0.1, 0.15) is 23.4 Å². The number of hydrogen-bond donors (Lipinski definition) is 3. The van der Waals surface area contributed by atoms with Crippen molar-refractivity contribution in [3.8, 4) is 5.75 Å². The maximum atomic E-state index is 14.1. The van der Waals surface area contributed by atoms with Crippen molar-refractivity contribution in [2.45, 2.75) is 98.9 Å². The summed E-state index contributed by atoms with van der Waals surface area (Å²) in [5, 5.41) is 16.1. The minimum atomic E-state index is -1.08. The Morgan fingerprint density at radius 2 is 1.65 bits per heavy atom. The molecule has 0 radical (unpaired) electrons. The van der Waals surface area contributed by atoms with Crippen LogP contribution in [0.2, 0.25) is 5.02 Å². The molecule has 0 aliphatic heterocycles. The fourth-order valence-electron chi connectivity index (χ4n) is 4.35. The van der Waals surface area contributed by atoms with Crippen LogP contribution in [0.25, 0.3) is 0 Å². The summed E-state index contributed by atoms with van der Waals surface area (Å²) in [6.45, 7) is 16.4. The summed E-state index contributed by atoms with van der Waals surface area (Å²) < 4.78 is 5.36. The lowest BCUT2D eigenvalue weighted by molar-refractivity contribution is -0.143. The van der Waals surface area contributed by atoms with Crippen molar-refractivity contribution in [3.63, 3.8) is 0 Å². The lowest BCUT2D eigenvalue weighted by atomic mass is 9.96. The normalized spacial score (nSPS) is 13.8. The molecule has 2 aromatic rings. The van der Waals surface area contributed by atoms with Gasteiger partial charge in [0.15, 0.2) is 0 Å². The van der Waals surface area contributed by atoms with Crippen LogP contribution in [0.4, 0.5) is 10.5 Å². The maximum absolute atomic E-state index is 14.1. The number of ether oxygens (including phenoxy) is 1. The lowest BCUT2D eigenvalue weighted by Gasteiger charge is -2.38. The quantitative estimate of drug-likeness (QED) is 0.286. The predicted molar refractivity (Wildman–Crippen MR) is 160 cm³/mol. The number of rotatable bonds is 10. The zero-order chi connectivity index (χ0) is 30.4. The lowest BCUT2D eigenvalue weighted by Crippen LogP contribution is -2.54. The molecule has 0 saturated carbocycles. The van der Waals surface area contributed by atoms with Gasteiger partial charge in [-0.1, -0.05) is 43.6 Å². The van der Waals surface area contributed by atoms with Crippen LogP contribution >= 0.6 is 11.6 Å². The van der Waals surface area contributed by atoms with E-state index < -0.39 is 35.6 Å². The van der Waals surface area contributed by atoms with Gasteiger partial charge in [-0.2, -0.15) is 0 Å². The van der Waals surface area contributed by atoms with Crippen molar-refractivity contribution >= 4 is 35.2 Å². The SMILES string of the molecule is Cc1cc(C(C(=O)Nc2c(C)cccc2Cl)N(C(=O)C(C)NC(=O)OC(C)(C)C)C(C)CCC(C)C)ccc1O. The Kier molecular flexibility index (Phi) is 11.4. The van der Waals surface area contributed by atoms with Crippen LogP contribution in [0, 0.1) is 19.8 Å². The largest absolute Gasteiger partial charge is 0.508 e. The van der Waals surface area contributed by atoms with Gasteiger partial charge >= 0.3 is 6.09 Å². The summed E-state index contributed by atoms with van der Waals surface area (Å²) >= 11 is 6.43. The number of halogens is 1. The van der Waals surface area contributed by atoms with Crippen LogP contribution in [0.3, 0.4) is 0 Å². The fourth-order valence-corrected chi connectivity index (χ4v) is 4.62. The van der Waals surface area contributed by atoms with E-state index in [2.05, 4.69) is 24.5 Å². The number of carbonyl (C=O) groups is 3. The van der Waals surface area contributed by atoms with Gasteiger partial charge in [0.05, 0.1) is 10.7 Å². The topological polar surface area (TPSA) is 108 Å². The number of alkyl carbamates (subject to hydrolysis) is 1. The number of para-hydroxylation sites is 1. The minimum Gasteiger partial charge on any atom is -0.508 e. The van der Waals surface area contributed by atoms with Crippen molar-refractivity contribution in [3.05, 3.63) is 58.1 Å². The molecule has 0 fully saturated rings. The van der Waals surface area contributed by atoms with Gasteiger partial charge < -0.3 is 25.4 Å². The molecule has 2 rings (SSSR count). The van der Waals surface area contributed by atoms with Crippen LogP contribution in [0.5, 0.6) is 5.75 Å². The Balaban J connectivity index is 2.60. The Bertz CT molecular complexity index is 1190. The maximum Gasteiger partial charge on any atom is 0.408 e. The van der Waals surface area contributed by atoms with Crippen LogP contribution in [0.1, 0.15) is 84.0 Å². The number of nitrogens with one attached hydrogen (secondary N) is 2. The van der Waals surface area contributed by atoms with Gasteiger partial charge in [-0.25, -0.2) is 4.79 Å². The molecule has 9 heteroatoms. The molecule has 0 aromatic heterocycles. The zero-order valence-corrected chi connectivity index (χ0v) is 25.8. The number of phenols is 1. The second-order valence-corrected chi connectivity index (χ2v) is 12.2. The molecule has 0 saturated heterocycles. The number of amides is 3. The van der Waals surface area contributed by atoms with Crippen LogP contribution < -0.4 is 10.6 Å². The predicted octanol–water partition coefficient (Wildman–Crippen LogP) is 6.91. The van der Waals surface area contributed by atoms with E-state index >= 15 is 0 Å². The Labute approximate surface area is 243 Å². The molecule has 3 atom stereocenters. The van der Waals surface area contributed by atoms with Gasteiger partial charge in [-0.3, -0.25) is 9.59 Å². The fraction of sp³-hybridized carbons (Fsp3) is 0.516. The third kappa shape index (κ3) is 9.15. The average molecular weight is 574 g/mol. The zero-order valence-electron chi connectivity index (χ0n) is 25.1. The van der Waals surface area contributed by atoms with E-state index in [0.717, 1.165) is 12.0 Å². The molecule has 0 bridgehead atoms. The van der Waals surface area contributed by atoms with Gasteiger partial charge in [0.2, 0.25) is 5.91 Å². The van der Waals surface area contributed by atoms with E-state index in [1.807, 2.05) is 19.9 Å². The van der Waals surface area contributed by atoms with E-state index in [9.17, 15) is 19.5 Å². The van der Waals surface area contributed by atoms with Crippen molar-refractivity contribution in [1.29, 1.82) is 0 Å². The summed E-state index contributed by atoms with van der Waals surface area (Å²) in [6, 6.07) is 7.73. The number of aromatic hydroxyl groups is 1. The Hall–Kier alpha value is -3.26. The molecule has 40 heavy (non-hydrogen) atoms. The highest BCUT2D eigenvalue weighted by Gasteiger charge is 2.38. The molecule has 0 spiro atoms. The van der Waals surface area contributed by atoms with Crippen molar-refractivity contribution in [2.24, 2.45) is 5.92 Å². The third-order valence-corrected chi connectivity index (χ3v) is 6.84. The van der Waals surface area contributed by atoms with E-state index in [4.69, 9.17) is 16.3 Å². The van der Waals surface area contributed by atoms with Crippen molar-refractivity contribution < 1.29 is 24.2 Å². The van der Waals surface area contributed by atoms with E-state index in [0.29, 0.717) is 34.2 Å². The molecule has 220 valence electrons. The second-order valence-electron chi connectivity index (χ2n) is 11.8. The minimum absolute atomic E-state index is 0.0792. The molecule has 3 amide bonds. The summed E-state index contributed by atoms with van der Waals surface area (Å²) in [6.07, 6.45) is 0.733. The first-order chi connectivity index (χ1) is 18.5. The van der Waals surface area contributed by atoms with Gasteiger partial charge in [-0.15, -0.1) is 0 Å². The van der Waals surface area contributed by atoms with E-state index in [1.54, 1.807) is 58.9 Å². The third-order valence-electron chi connectivity index (χ3n) is 6.53. The molecule has 0 heterocycles. The summed E-state index contributed by atoms with van der Waals surface area (Å²) in [4.78, 5) is 42.2. The van der Waals surface area contributed by atoms with Crippen molar-refractivity contribution in [2.75, 3.05) is 5.32 Å². The van der Waals surface area contributed by atoms with Crippen LogP contribution in [0.15, 0.2) is 36.4 Å². The number of carbonyl (C=O) groups excluding carboxylic acids is 3. The highest BCUT2D eigenvalue weighted by atomic mass is 35.5. The molecular weight excluding hydrogens is 530 g/mol. The number of anilines is 1. The van der Waals surface area contributed by atoms with E-state index in [1.165, 1.54) is 11.0 Å². The molecule has 0 aliphatic carbocycles. The average Bonchev–Trinajstić information content (AvgIpc) is 2.83. The number of benzene rings is 2. The van der Waals surface area contributed by atoms with E-state index in [-0.39, 0.29) is 11.8 Å². The van der Waals surface area contributed by atoms with Gasteiger partial charge in [-0.05, 0) is 102 Å². The highest BCUT2D eigenvalue weighted by molar-refractivity contribution is 6.34. The first-order valence-corrected chi connectivity index (χ1v) is 14.1. The first-order valence-electron chi connectivity index (χ1n) is 13.7.